The Morgan fingerprint density at radius 1 is 0.727 bits per heavy atom. The number of hydrogen-bond donors (Lipinski definition) is 2. The van der Waals surface area contributed by atoms with E-state index >= 15 is 0 Å². The molecule has 2 aromatic carbocycles. The zero-order valence-electron chi connectivity index (χ0n) is 11.6. The SMILES string of the molecule is Oc1ccc(C(c2ccc(O)cc2)c2ccc(Br)cn2)cc1. The van der Waals surface area contributed by atoms with Crippen LogP contribution in [0.25, 0.3) is 0 Å². The molecule has 22 heavy (non-hydrogen) atoms. The van der Waals surface area contributed by atoms with Gasteiger partial charge in [-0.1, -0.05) is 24.3 Å². The Bertz CT molecular complexity index is 644. The maximum Gasteiger partial charge on any atom is 0.115 e. The fourth-order valence-corrected chi connectivity index (χ4v) is 2.66. The number of rotatable bonds is 3. The van der Waals surface area contributed by atoms with Crippen molar-refractivity contribution in [1.82, 2.24) is 4.98 Å². The molecule has 2 N–H and O–H groups in total. The number of phenolic OH excluding ortho intramolecular Hbond substituents is 2. The second-order valence-electron chi connectivity index (χ2n) is 5.02. The fourth-order valence-electron chi connectivity index (χ4n) is 2.43. The van der Waals surface area contributed by atoms with Gasteiger partial charge in [0.05, 0.1) is 11.6 Å². The van der Waals surface area contributed by atoms with Crippen molar-refractivity contribution in [2.75, 3.05) is 0 Å². The molecule has 0 radical (unpaired) electrons. The average Bonchev–Trinajstić information content (AvgIpc) is 2.53. The summed E-state index contributed by atoms with van der Waals surface area (Å²) in [6, 6.07) is 18.1. The highest BCUT2D eigenvalue weighted by Gasteiger charge is 2.18. The third-order valence-corrected chi connectivity index (χ3v) is 3.97. The van der Waals surface area contributed by atoms with E-state index in [9.17, 15) is 10.2 Å². The highest BCUT2D eigenvalue weighted by atomic mass is 79.9. The smallest absolute Gasteiger partial charge is 0.115 e. The van der Waals surface area contributed by atoms with Crippen molar-refractivity contribution in [3.63, 3.8) is 0 Å². The van der Waals surface area contributed by atoms with Crippen molar-refractivity contribution in [1.29, 1.82) is 0 Å². The lowest BCUT2D eigenvalue weighted by Gasteiger charge is -2.18. The van der Waals surface area contributed by atoms with Gasteiger partial charge < -0.3 is 10.2 Å². The molecular weight excluding hydrogens is 342 g/mol. The molecule has 0 amide bonds. The molecule has 0 saturated heterocycles. The molecule has 0 aliphatic rings. The first kappa shape index (κ1) is 14.6. The topological polar surface area (TPSA) is 53.4 Å². The van der Waals surface area contributed by atoms with Crippen molar-refractivity contribution < 1.29 is 10.2 Å². The number of aromatic nitrogens is 1. The lowest BCUT2D eigenvalue weighted by atomic mass is 9.88. The van der Waals surface area contributed by atoms with E-state index in [1.54, 1.807) is 30.5 Å². The molecule has 3 nitrogen and oxygen atoms in total. The monoisotopic (exact) mass is 355 g/mol. The minimum Gasteiger partial charge on any atom is -0.508 e. The van der Waals surface area contributed by atoms with E-state index in [1.165, 1.54) is 0 Å². The predicted octanol–water partition coefficient (Wildman–Crippen LogP) is 4.44. The molecule has 0 aliphatic heterocycles. The minimum absolute atomic E-state index is 0.0608. The number of phenols is 2. The first-order chi connectivity index (χ1) is 10.6. The Balaban J connectivity index is 2.10. The molecule has 110 valence electrons. The Hall–Kier alpha value is -2.33. The highest BCUT2D eigenvalue weighted by Crippen LogP contribution is 2.32. The predicted molar refractivity (Wildman–Crippen MR) is 89.1 cm³/mol. The standard InChI is InChI=1S/C18H14BrNO2/c19-14-5-10-17(20-11-14)18(12-1-6-15(21)7-2-12)13-3-8-16(22)9-4-13/h1-11,18,21-22H. The van der Waals surface area contributed by atoms with Gasteiger partial charge in [-0.3, -0.25) is 4.98 Å². The van der Waals surface area contributed by atoms with E-state index in [2.05, 4.69) is 20.9 Å². The summed E-state index contributed by atoms with van der Waals surface area (Å²) >= 11 is 3.40. The maximum atomic E-state index is 9.50. The Labute approximate surface area is 137 Å². The number of pyridine rings is 1. The minimum atomic E-state index is -0.0608. The molecule has 0 atom stereocenters. The quantitative estimate of drug-likeness (QED) is 0.730. The zero-order valence-corrected chi connectivity index (χ0v) is 13.2. The van der Waals surface area contributed by atoms with Gasteiger partial charge in [0, 0.05) is 10.7 Å². The van der Waals surface area contributed by atoms with Gasteiger partial charge in [-0.15, -0.1) is 0 Å². The molecular formula is C18H14BrNO2. The molecule has 0 spiro atoms. The highest BCUT2D eigenvalue weighted by molar-refractivity contribution is 9.10. The van der Waals surface area contributed by atoms with Crippen LogP contribution in [0.15, 0.2) is 71.3 Å². The van der Waals surface area contributed by atoms with Crippen LogP contribution in [0.3, 0.4) is 0 Å². The third kappa shape index (κ3) is 3.12. The summed E-state index contributed by atoms with van der Waals surface area (Å²) in [5.41, 5.74) is 2.95. The van der Waals surface area contributed by atoms with Gasteiger partial charge in [0.1, 0.15) is 11.5 Å². The van der Waals surface area contributed by atoms with Crippen molar-refractivity contribution in [3.05, 3.63) is 88.2 Å². The van der Waals surface area contributed by atoms with E-state index in [0.29, 0.717) is 0 Å². The largest absolute Gasteiger partial charge is 0.508 e. The van der Waals surface area contributed by atoms with Crippen molar-refractivity contribution >= 4 is 15.9 Å². The maximum absolute atomic E-state index is 9.50. The molecule has 4 heteroatoms. The molecule has 3 aromatic rings. The first-order valence-electron chi connectivity index (χ1n) is 6.83. The van der Waals surface area contributed by atoms with Gasteiger partial charge in [-0.05, 0) is 63.5 Å². The molecule has 0 saturated carbocycles. The van der Waals surface area contributed by atoms with Gasteiger partial charge in [0.15, 0.2) is 0 Å². The van der Waals surface area contributed by atoms with E-state index in [-0.39, 0.29) is 17.4 Å². The summed E-state index contributed by atoms with van der Waals surface area (Å²) in [5.74, 6) is 0.406. The summed E-state index contributed by atoms with van der Waals surface area (Å²) in [4.78, 5) is 4.50. The first-order valence-corrected chi connectivity index (χ1v) is 7.62. The van der Waals surface area contributed by atoms with Crippen LogP contribution in [0.1, 0.15) is 22.7 Å². The van der Waals surface area contributed by atoms with Crippen LogP contribution >= 0.6 is 15.9 Å². The van der Waals surface area contributed by atoms with Crippen molar-refractivity contribution in [2.45, 2.75) is 5.92 Å². The summed E-state index contributed by atoms with van der Waals surface area (Å²) in [6.07, 6.45) is 1.77. The third-order valence-electron chi connectivity index (χ3n) is 3.50. The van der Waals surface area contributed by atoms with Gasteiger partial charge >= 0.3 is 0 Å². The van der Waals surface area contributed by atoms with Crippen LogP contribution in [0.2, 0.25) is 0 Å². The average molecular weight is 356 g/mol. The lowest BCUT2D eigenvalue weighted by Crippen LogP contribution is -2.05. The molecule has 0 fully saturated rings. The molecule has 0 aliphatic carbocycles. The van der Waals surface area contributed by atoms with Crippen LogP contribution < -0.4 is 0 Å². The second kappa shape index (κ2) is 6.20. The van der Waals surface area contributed by atoms with E-state index in [4.69, 9.17) is 0 Å². The molecule has 1 aromatic heterocycles. The van der Waals surface area contributed by atoms with E-state index < -0.39 is 0 Å². The molecule has 0 unspecified atom stereocenters. The Morgan fingerprint density at radius 2 is 1.23 bits per heavy atom. The van der Waals surface area contributed by atoms with E-state index in [1.807, 2.05) is 36.4 Å². The molecule has 1 heterocycles. The van der Waals surface area contributed by atoms with Gasteiger partial charge in [-0.2, -0.15) is 0 Å². The molecule has 0 bridgehead atoms. The Morgan fingerprint density at radius 3 is 1.64 bits per heavy atom. The summed E-state index contributed by atoms with van der Waals surface area (Å²) in [5, 5.41) is 19.0. The van der Waals surface area contributed by atoms with Gasteiger partial charge in [0.2, 0.25) is 0 Å². The van der Waals surface area contributed by atoms with Crippen molar-refractivity contribution in [3.8, 4) is 11.5 Å². The van der Waals surface area contributed by atoms with Crippen LogP contribution in [0.4, 0.5) is 0 Å². The number of halogens is 1. The Kier molecular flexibility index (Phi) is 4.11. The van der Waals surface area contributed by atoms with Crippen LogP contribution in [-0.2, 0) is 0 Å². The van der Waals surface area contributed by atoms with Crippen LogP contribution in [0, 0.1) is 0 Å². The number of benzene rings is 2. The second-order valence-corrected chi connectivity index (χ2v) is 5.93. The zero-order chi connectivity index (χ0) is 15.5. The van der Waals surface area contributed by atoms with Crippen LogP contribution in [-0.4, -0.2) is 15.2 Å². The number of hydrogen-bond acceptors (Lipinski definition) is 3. The number of nitrogens with zero attached hydrogens (tertiary/aromatic N) is 1. The lowest BCUT2D eigenvalue weighted by molar-refractivity contribution is 0.475. The summed E-state index contributed by atoms with van der Waals surface area (Å²) < 4.78 is 0.923. The number of aromatic hydroxyl groups is 2. The van der Waals surface area contributed by atoms with Crippen molar-refractivity contribution in [2.24, 2.45) is 0 Å². The van der Waals surface area contributed by atoms with Gasteiger partial charge in [0.25, 0.3) is 0 Å². The van der Waals surface area contributed by atoms with Crippen LogP contribution in [0.5, 0.6) is 11.5 Å². The fraction of sp³-hybridized carbons (Fsp3) is 0.0556. The molecule has 3 rings (SSSR count). The summed E-state index contributed by atoms with van der Waals surface area (Å²) in [6.45, 7) is 0. The van der Waals surface area contributed by atoms with E-state index in [0.717, 1.165) is 21.3 Å². The summed E-state index contributed by atoms with van der Waals surface area (Å²) in [7, 11) is 0. The normalized spacial score (nSPS) is 10.8. The van der Waals surface area contributed by atoms with Gasteiger partial charge in [-0.25, -0.2) is 0 Å².